The van der Waals surface area contributed by atoms with Crippen LogP contribution in [0, 0.1) is 19.7 Å². The average molecular weight is 416 g/mol. The zero-order valence-electron chi connectivity index (χ0n) is 19.0. The van der Waals surface area contributed by atoms with Gasteiger partial charge in [0.15, 0.2) is 0 Å². The summed E-state index contributed by atoms with van der Waals surface area (Å²) in [5.74, 6) is -0.276. The van der Waals surface area contributed by atoms with Gasteiger partial charge in [-0.1, -0.05) is 19.1 Å². The molecule has 30 heavy (non-hydrogen) atoms. The molecule has 0 bridgehead atoms. The topological polar surface area (TPSA) is 41.7 Å². The standard InChI is InChI=1S/C24H35FN4O/c1-6-17(3)26-24(30)23-18(4)22(28-14-12-27(7-2)13-15-28)19(5)29(23)16-20-8-10-21(25)11-9-20/h8-11,17H,6-7,12-16H2,1-5H3,(H,26,30)/p+1/t17-/m1/s1. The molecule has 1 saturated heterocycles. The van der Waals surface area contributed by atoms with E-state index in [4.69, 9.17) is 0 Å². The van der Waals surface area contributed by atoms with Crippen molar-refractivity contribution >= 4 is 11.6 Å². The Kier molecular flexibility index (Phi) is 7.19. The molecular formula is C24H36FN4O+. The van der Waals surface area contributed by atoms with Crippen LogP contribution in [-0.2, 0) is 6.54 Å². The smallest absolute Gasteiger partial charge is 0.268 e. The lowest BCUT2D eigenvalue weighted by Gasteiger charge is -2.33. The molecule has 5 nitrogen and oxygen atoms in total. The van der Waals surface area contributed by atoms with Crippen LogP contribution in [0.2, 0.25) is 0 Å². The quantitative estimate of drug-likeness (QED) is 0.730. The second kappa shape index (κ2) is 9.65. The molecule has 164 valence electrons. The molecular weight excluding hydrogens is 379 g/mol. The monoisotopic (exact) mass is 415 g/mol. The molecule has 6 heteroatoms. The van der Waals surface area contributed by atoms with Gasteiger partial charge in [0.05, 0.1) is 38.4 Å². The van der Waals surface area contributed by atoms with Crippen molar-refractivity contribution in [2.24, 2.45) is 0 Å². The van der Waals surface area contributed by atoms with Crippen molar-refractivity contribution < 1.29 is 14.1 Å². The van der Waals surface area contributed by atoms with Crippen LogP contribution in [0.5, 0.6) is 0 Å². The van der Waals surface area contributed by atoms with Crippen molar-refractivity contribution in [3.8, 4) is 0 Å². The number of aromatic nitrogens is 1. The number of carbonyl (C=O) groups excluding carboxylic acids is 1. The number of quaternary nitrogens is 1. The van der Waals surface area contributed by atoms with Crippen LogP contribution in [0.3, 0.4) is 0 Å². The molecule has 3 rings (SSSR count). The van der Waals surface area contributed by atoms with Crippen molar-refractivity contribution in [3.05, 3.63) is 52.6 Å². The number of likely N-dealkylation sites (N-methyl/N-ethyl adjacent to an activating group) is 1. The van der Waals surface area contributed by atoms with Gasteiger partial charge < -0.3 is 19.7 Å². The van der Waals surface area contributed by atoms with Gasteiger partial charge >= 0.3 is 0 Å². The zero-order valence-corrected chi connectivity index (χ0v) is 19.0. The summed E-state index contributed by atoms with van der Waals surface area (Å²) in [5, 5.41) is 3.14. The van der Waals surface area contributed by atoms with Crippen LogP contribution < -0.4 is 15.1 Å². The summed E-state index contributed by atoms with van der Waals surface area (Å²) in [6.07, 6.45) is 0.886. The first kappa shape index (κ1) is 22.3. The Labute approximate surface area is 179 Å². The Morgan fingerprint density at radius 2 is 1.80 bits per heavy atom. The second-order valence-electron chi connectivity index (χ2n) is 8.49. The highest BCUT2D eigenvalue weighted by atomic mass is 19.1. The predicted molar refractivity (Wildman–Crippen MR) is 120 cm³/mol. The summed E-state index contributed by atoms with van der Waals surface area (Å²) >= 11 is 0. The minimum atomic E-state index is -0.245. The molecule has 1 aromatic carbocycles. The predicted octanol–water partition coefficient (Wildman–Crippen LogP) is 2.55. The molecule has 0 saturated carbocycles. The molecule has 0 spiro atoms. The largest absolute Gasteiger partial charge is 0.359 e. The van der Waals surface area contributed by atoms with Gasteiger partial charge in [-0.2, -0.15) is 0 Å². The first-order chi connectivity index (χ1) is 14.3. The van der Waals surface area contributed by atoms with E-state index in [2.05, 4.69) is 42.5 Å². The third-order valence-electron chi connectivity index (χ3n) is 6.47. The molecule has 0 radical (unpaired) electrons. The number of amides is 1. The van der Waals surface area contributed by atoms with Gasteiger partial charge in [0.25, 0.3) is 5.91 Å². The van der Waals surface area contributed by atoms with Gasteiger partial charge in [-0.15, -0.1) is 0 Å². The van der Waals surface area contributed by atoms with E-state index in [0.29, 0.717) is 6.54 Å². The summed E-state index contributed by atoms with van der Waals surface area (Å²) in [4.78, 5) is 17.3. The maximum absolute atomic E-state index is 13.4. The fourth-order valence-electron chi connectivity index (χ4n) is 4.40. The van der Waals surface area contributed by atoms with Crippen LogP contribution in [0.15, 0.2) is 24.3 Å². The molecule has 1 fully saturated rings. The van der Waals surface area contributed by atoms with Crippen LogP contribution in [0.25, 0.3) is 0 Å². The molecule has 0 unspecified atom stereocenters. The number of carbonyl (C=O) groups is 1. The maximum atomic E-state index is 13.4. The Bertz CT molecular complexity index is 866. The number of piperazine rings is 1. The molecule has 2 aromatic rings. The van der Waals surface area contributed by atoms with Crippen LogP contribution >= 0.6 is 0 Å². The lowest BCUT2D eigenvalue weighted by molar-refractivity contribution is -0.898. The van der Waals surface area contributed by atoms with Crippen molar-refractivity contribution in [2.45, 2.75) is 53.6 Å². The average Bonchev–Trinajstić information content (AvgIpc) is 2.99. The lowest BCUT2D eigenvalue weighted by Crippen LogP contribution is -3.14. The second-order valence-corrected chi connectivity index (χ2v) is 8.49. The van der Waals surface area contributed by atoms with Gasteiger partial charge in [-0.3, -0.25) is 4.79 Å². The van der Waals surface area contributed by atoms with Crippen molar-refractivity contribution in [1.29, 1.82) is 0 Å². The molecule has 1 aromatic heterocycles. The molecule has 1 aliphatic heterocycles. The lowest BCUT2D eigenvalue weighted by atomic mass is 10.1. The molecule has 1 aliphatic rings. The molecule has 0 aliphatic carbocycles. The van der Waals surface area contributed by atoms with E-state index in [1.54, 1.807) is 17.0 Å². The summed E-state index contributed by atoms with van der Waals surface area (Å²) in [6.45, 7) is 16.4. The normalized spacial score (nSPS) is 16.0. The molecule has 2 N–H and O–H groups in total. The highest BCUT2D eigenvalue weighted by Crippen LogP contribution is 2.32. The first-order valence-corrected chi connectivity index (χ1v) is 11.2. The van der Waals surface area contributed by atoms with E-state index < -0.39 is 0 Å². The molecule has 1 atom stereocenters. The molecule has 2 heterocycles. The first-order valence-electron chi connectivity index (χ1n) is 11.2. The number of hydrogen-bond donors (Lipinski definition) is 2. The van der Waals surface area contributed by atoms with E-state index in [1.807, 2.05) is 6.92 Å². The van der Waals surface area contributed by atoms with Gasteiger partial charge in [-0.25, -0.2) is 4.39 Å². The Morgan fingerprint density at radius 3 is 2.37 bits per heavy atom. The zero-order chi connectivity index (χ0) is 21.8. The van der Waals surface area contributed by atoms with Gasteiger partial charge in [0.1, 0.15) is 11.5 Å². The maximum Gasteiger partial charge on any atom is 0.268 e. The Hall–Kier alpha value is -2.34. The van der Waals surface area contributed by atoms with Crippen molar-refractivity contribution in [2.75, 3.05) is 37.6 Å². The van der Waals surface area contributed by atoms with E-state index in [0.717, 1.165) is 61.7 Å². The van der Waals surface area contributed by atoms with Crippen LogP contribution in [0.1, 0.15) is 54.5 Å². The molecule has 1 amide bonds. The fraction of sp³-hybridized carbons (Fsp3) is 0.542. The Balaban J connectivity index is 1.99. The summed E-state index contributed by atoms with van der Waals surface area (Å²) in [6, 6.07) is 6.67. The van der Waals surface area contributed by atoms with Gasteiger partial charge in [-0.05, 0) is 51.8 Å². The van der Waals surface area contributed by atoms with E-state index >= 15 is 0 Å². The number of nitrogens with one attached hydrogen (secondary N) is 2. The highest BCUT2D eigenvalue weighted by Gasteiger charge is 2.29. The summed E-state index contributed by atoms with van der Waals surface area (Å²) in [5.41, 5.74) is 5.03. The minimum Gasteiger partial charge on any atom is -0.359 e. The van der Waals surface area contributed by atoms with E-state index in [1.165, 1.54) is 17.8 Å². The number of benzene rings is 1. The number of halogens is 1. The van der Waals surface area contributed by atoms with Crippen LogP contribution in [-0.4, -0.2) is 49.2 Å². The minimum absolute atomic E-state index is 0.0314. The SMILES string of the molecule is CC[C@@H](C)NC(=O)c1c(C)c(N2CC[NH+](CC)CC2)c(C)n1Cc1ccc(F)cc1. The van der Waals surface area contributed by atoms with Gasteiger partial charge in [0.2, 0.25) is 0 Å². The van der Waals surface area contributed by atoms with Gasteiger partial charge in [0, 0.05) is 23.8 Å². The van der Waals surface area contributed by atoms with Crippen LogP contribution in [0.4, 0.5) is 10.1 Å². The number of hydrogen-bond acceptors (Lipinski definition) is 2. The third-order valence-corrected chi connectivity index (χ3v) is 6.47. The number of nitrogens with zero attached hydrogens (tertiary/aromatic N) is 2. The highest BCUT2D eigenvalue weighted by molar-refractivity contribution is 5.96. The van der Waals surface area contributed by atoms with E-state index in [9.17, 15) is 9.18 Å². The summed E-state index contributed by atoms with van der Waals surface area (Å²) in [7, 11) is 0. The number of anilines is 1. The third kappa shape index (κ3) is 4.69. The number of rotatable bonds is 7. The fourth-order valence-corrected chi connectivity index (χ4v) is 4.40. The van der Waals surface area contributed by atoms with Crippen molar-refractivity contribution in [3.63, 3.8) is 0 Å². The Morgan fingerprint density at radius 1 is 1.17 bits per heavy atom. The van der Waals surface area contributed by atoms with E-state index in [-0.39, 0.29) is 17.8 Å². The summed E-state index contributed by atoms with van der Waals surface area (Å²) < 4.78 is 15.5. The van der Waals surface area contributed by atoms with Crippen molar-refractivity contribution in [1.82, 2.24) is 9.88 Å².